The summed E-state index contributed by atoms with van der Waals surface area (Å²) in [6.07, 6.45) is 1.60. The van der Waals surface area contributed by atoms with E-state index in [1.165, 1.54) is 16.2 Å². The molecular weight excluding hydrogens is 276 g/mol. The lowest BCUT2D eigenvalue weighted by Crippen LogP contribution is -2.00. The molecule has 112 valence electrons. The third-order valence-electron chi connectivity index (χ3n) is 3.73. The maximum Gasteiger partial charge on any atom is 0.303 e. The average molecular weight is 294 g/mol. The number of rotatable bonds is 6. The topological polar surface area (TPSA) is 46.5 Å². The first-order valence-electron chi connectivity index (χ1n) is 7.49. The third kappa shape index (κ3) is 3.37. The van der Waals surface area contributed by atoms with Crippen molar-refractivity contribution in [1.82, 2.24) is 0 Å². The van der Waals surface area contributed by atoms with Gasteiger partial charge >= 0.3 is 5.97 Å². The molecule has 22 heavy (non-hydrogen) atoms. The van der Waals surface area contributed by atoms with Crippen LogP contribution in [0, 0.1) is 0 Å². The van der Waals surface area contributed by atoms with E-state index in [-0.39, 0.29) is 6.42 Å². The lowest BCUT2D eigenvalue weighted by molar-refractivity contribution is -0.137. The van der Waals surface area contributed by atoms with Gasteiger partial charge in [-0.1, -0.05) is 30.3 Å². The van der Waals surface area contributed by atoms with Gasteiger partial charge in [0.2, 0.25) is 0 Å². The standard InChI is InChI=1S/C19H18O3/c20-19(21)7-3-4-10-22-18-9-8-16-11-14-5-1-2-6-15(14)12-17(16)13-18/h1-2,5-6,8-9,11-13H,3-4,7,10H2,(H,20,21). The quantitative estimate of drug-likeness (QED) is 0.532. The Kier molecular flexibility index (Phi) is 4.24. The van der Waals surface area contributed by atoms with Gasteiger partial charge < -0.3 is 9.84 Å². The Hall–Kier alpha value is -2.55. The summed E-state index contributed by atoms with van der Waals surface area (Å²) in [6, 6.07) is 18.7. The zero-order valence-electron chi connectivity index (χ0n) is 12.3. The van der Waals surface area contributed by atoms with Crippen LogP contribution in [0.1, 0.15) is 19.3 Å². The van der Waals surface area contributed by atoms with E-state index in [4.69, 9.17) is 9.84 Å². The van der Waals surface area contributed by atoms with Crippen LogP contribution in [-0.4, -0.2) is 17.7 Å². The second kappa shape index (κ2) is 6.48. The molecule has 0 fully saturated rings. The minimum atomic E-state index is -0.752. The summed E-state index contributed by atoms with van der Waals surface area (Å²) in [5.41, 5.74) is 0. The van der Waals surface area contributed by atoms with Crippen molar-refractivity contribution < 1.29 is 14.6 Å². The highest BCUT2D eigenvalue weighted by Gasteiger charge is 2.01. The molecule has 0 aliphatic heterocycles. The van der Waals surface area contributed by atoms with E-state index in [1.807, 2.05) is 24.3 Å². The normalized spacial score (nSPS) is 10.9. The number of aliphatic carboxylic acids is 1. The van der Waals surface area contributed by atoms with Crippen molar-refractivity contribution in [1.29, 1.82) is 0 Å². The minimum absolute atomic E-state index is 0.201. The van der Waals surface area contributed by atoms with E-state index in [1.54, 1.807) is 0 Å². The Balaban J connectivity index is 1.72. The number of benzene rings is 3. The van der Waals surface area contributed by atoms with Crippen LogP contribution in [0.25, 0.3) is 21.5 Å². The molecule has 0 spiro atoms. The monoisotopic (exact) mass is 294 g/mol. The fourth-order valence-corrected chi connectivity index (χ4v) is 2.58. The van der Waals surface area contributed by atoms with Crippen molar-refractivity contribution >= 4 is 27.5 Å². The number of carboxylic acids is 1. The van der Waals surface area contributed by atoms with Crippen LogP contribution >= 0.6 is 0 Å². The van der Waals surface area contributed by atoms with Gasteiger partial charge in [-0.15, -0.1) is 0 Å². The molecule has 0 bridgehead atoms. The van der Waals surface area contributed by atoms with Crippen molar-refractivity contribution in [3.05, 3.63) is 54.6 Å². The van der Waals surface area contributed by atoms with Gasteiger partial charge in [-0.05, 0) is 58.7 Å². The van der Waals surface area contributed by atoms with Gasteiger partial charge in [-0.3, -0.25) is 4.79 Å². The molecule has 0 heterocycles. The van der Waals surface area contributed by atoms with Crippen LogP contribution in [0.4, 0.5) is 0 Å². The zero-order chi connectivity index (χ0) is 15.4. The molecule has 3 nitrogen and oxygen atoms in total. The van der Waals surface area contributed by atoms with Crippen LogP contribution in [0.2, 0.25) is 0 Å². The van der Waals surface area contributed by atoms with E-state index in [0.717, 1.165) is 17.6 Å². The lowest BCUT2D eigenvalue weighted by Gasteiger charge is -2.08. The number of carbonyl (C=O) groups is 1. The smallest absolute Gasteiger partial charge is 0.303 e. The van der Waals surface area contributed by atoms with E-state index < -0.39 is 5.97 Å². The number of hydrogen-bond donors (Lipinski definition) is 1. The summed E-state index contributed by atoms with van der Waals surface area (Å²) in [5.74, 6) is 0.0793. The highest BCUT2D eigenvalue weighted by atomic mass is 16.5. The first-order valence-corrected chi connectivity index (χ1v) is 7.49. The maximum atomic E-state index is 10.4. The maximum absolute atomic E-state index is 10.4. The van der Waals surface area contributed by atoms with E-state index >= 15 is 0 Å². The Morgan fingerprint density at radius 1 is 0.864 bits per heavy atom. The number of fused-ring (bicyclic) bond motifs is 2. The fraction of sp³-hybridized carbons (Fsp3) is 0.211. The summed E-state index contributed by atoms with van der Waals surface area (Å²) < 4.78 is 5.72. The first-order chi connectivity index (χ1) is 10.7. The Morgan fingerprint density at radius 3 is 2.27 bits per heavy atom. The largest absolute Gasteiger partial charge is 0.494 e. The van der Waals surface area contributed by atoms with Crippen molar-refractivity contribution in [3.8, 4) is 5.75 Å². The third-order valence-corrected chi connectivity index (χ3v) is 3.73. The number of ether oxygens (including phenoxy) is 1. The first kappa shape index (κ1) is 14.4. The van der Waals surface area contributed by atoms with Gasteiger partial charge in [0.1, 0.15) is 5.75 Å². The summed E-state index contributed by atoms with van der Waals surface area (Å²) in [5, 5.41) is 13.4. The van der Waals surface area contributed by atoms with E-state index in [0.29, 0.717) is 13.0 Å². The minimum Gasteiger partial charge on any atom is -0.494 e. The van der Waals surface area contributed by atoms with Crippen molar-refractivity contribution in [3.63, 3.8) is 0 Å². The Bertz CT molecular complexity index is 808. The molecule has 3 rings (SSSR count). The van der Waals surface area contributed by atoms with Crippen molar-refractivity contribution in [2.75, 3.05) is 6.61 Å². The highest BCUT2D eigenvalue weighted by Crippen LogP contribution is 2.26. The van der Waals surface area contributed by atoms with Gasteiger partial charge in [0.05, 0.1) is 6.61 Å². The van der Waals surface area contributed by atoms with Crippen LogP contribution in [0.15, 0.2) is 54.6 Å². The fourth-order valence-electron chi connectivity index (χ4n) is 2.58. The summed E-state index contributed by atoms with van der Waals surface area (Å²) in [6.45, 7) is 0.548. The van der Waals surface area contributed by atoms with Crippen LogP contribution < -0.4 is 4.74 Å². The van der Waals surface area contributed by atoms with Crippen LogP contribution in [0.3, 0.4) is 0 Å². The Labute approximate surface area is 129 Å². The molecule has 0 aliphatic carbocycles. The Morgan fingerprint density at radius 2 is 1.55 bits per heavy atom. The van der Waals surface area contributed by atoms with Crippen LogP contribution in [0.5, 0.6) is 5.75 Å². The summed E-state index contributed by atoms with van der Waals surface area (Å²) in [4.78, 5) is 10.4. The molecule has 0 aromatic heterocycles. The molecule has 0 saturated carbocycles. The predicted octanol–water partition coefficient (Wildman–Crippen LogP) is 4.63. The van der Waals surface area contributed by atoms with E-state index in [2.05, 4.69) is 30.3 Å². The number of hydrogen-bond acceptors (Lipinski definition) is 2. The molecule has 0 aliphatic rings. The van der Waals surface area contributed by atoms with Gasteiger partial charge in [0.15, 0.2) is 0 Å². The second-order valence-corrected chi connectivity index (χ2v) is 5.41. The van der Waals surface area contributed by atoms with E-state index in [9.17, 15) is 4.79 Å². The van der Waals surface area contributed by atoms with Gasteiger partial charge in [0.25, 0.3) is 0 Å². The van der Waals surface area contributed by atoms with Gasteiger partial charge in [-0.2, -0.15) is 0 Å². The molecule has 0 atom stereocenters. The molecule has 3 aromatic rings. The number of carboxylic acid groups (broad SMARTS) is 1. The molecule has 3 heteroatoms. The molecule has 1 N–H and O–H groups in total. The molecular formula is C19H18O3. The SMILES string of the molecule is O=C(O)CCCCOc1ccc2cc3ccccc3cc2c1. The average Bonchev–Trinajstić information content (AvgIpc) is 2.52. The number of unbranched alkanes of at least 4 members (excludes halogenated alkanes) is 1. The van der Waals surface area contributed by atoms with Crippen molar-refractivity contribution in [2.45, 2.75) is 19.3 Å². The van der Waals surface area contributed by atoms with Gasteiger partial charge in [0, 0.05) is 6.42 Å². The van der Waals surface area contributed by atoms with Gasteiger partial charge in [-0.25, -0.2) is 0 Å². The molecule has 3 aromatic carbocycles. The molecule has 0 unspecified atom stereocenters. The predicted molar refractivity (Wildman–Crippen MR) is 88.4 cm³/mol. The highest BCUT2D eigenvalue weighted by molar-refractivity contribution is 5.98. The molecule has 0 saturated heterocycles. The molecule has 0 amide bonds. The van der Waals surface area contributed by atoms with Crippen molar-refractivity contribution in [2.24, 2.45) is 0 Å². The summed E-state index contributed by atoms with van der Waals surface area (Å²) >= 11 is 0. The zero-order valence-corrected chi connectivity index (χ0v) is 12.3. The molecule has 0 radical (unpaired) electrons. The lowest BCUT2D eigenvalue weighted by atomic mass is 10.0. The summed E-state index contributed by atoms with van der Waals surface area (Å²) in [7, 11) is 0. The van der Waals surface area contributed by atoms with Crippen LogP contribution in [-0.2, 0) is 4.79 Å². The second-order valence-electron chi connectivity index (χ2n) is 5.41.